The highest BCUT2D eigenvalue weighted by molar-refractivity contribution is 5.85. The zero-order valence-electron chi connectivity index (χ0n) is 18.1. The summed E-state index contributed by atoms with van der Waals surface area (Å²) in [6.07, 6.45) is -2.76. The molecular weight excluding hydrogens is 499 g/mol. The van der Waals surface area contributed by atoms with Crippen molar-refractivity contribution in [1.82, 2.24) is 25.5 Å². The fourth-order valence-electron chi connectivity index (χ4n) is 3.86. The summed E-state index contributed by atoms with van der Waals surface area (Å²) >= 11 is 0. The number of piperidine rings is 1. The molecule has 1 aromatic heterocycles. The zero-order valence-corrected chi connectivity index (χ0v) is 19.8. The van der Waals surface area contributed by atoms with Crippen LogP contribution in [0.1, 0.15) is 24.2 Å². The van der Waals surface area contributed by atoms with Gasteiger partial charge in [0.1, 0.15) is 11.6 Å². The van der Waals surface area contributed by atoms with Gasteiger partial charge in [0.25, 0.3) is 5.82 Å². The minimum atomic E-state index is -4.67. The third kappa shape index (κ3) is 6.28. The molecule has 1 aliphatic heterocycles. The first kappa shape index (κ1) is 27.6. The number of rotatable bonds is 6. The van der Waals surface area contributed by atoms with Crippen molar-refractivity contribution in [3.8, 4) is 11.4 Å². The molecule has 0 aliphatic carbocycles. The second-order valence-electron chi connectivity index (χ2n) is 7.55. The van der Waals surface area contributed by atoms with Crippen molar-refractivity contribution in [3.05, 3.63) is 59.7 Å². The molecule has 1 fully saturated rings. The molecule has 0 radical (unpaired) electrons. The Kier molecular flexibility index (Phi) is 9.48. The predicted octanol–water partition coefficient (Wildman–Crippen LogP) is 4.43. The summed E-state index contributed by atoms with van der Waals surface area (Å²) in [5, 5.41) is 13.2. The summed E-state index contributed by atoms with van der Waals surface area (Å²) in [5.74, 6) is -0.915. The third-order valence-electron chi connectivity index (χ3n) is 5.43. The highest BCUT2D eigenvalue weighted by Gasteiger charge is 2.38. The average molecular weight is 523 g/mol. The molecule has 1 atom stereocenters. The van der Waals surface area contributed by atoms with Crippen LogP contribution in [0, 0.1) is 5.82 Å². The molecule has 0 spiro atoms. The number of aromatic nitrogens is 4. The number of hydrogen-bond donors (Lipinski definition) is 1. The number of anilines is 1. The summed E-state index contributed by atoms with van der Waals surface area (Å²) < 4.78 is 58.8. The lowest BCUT2D eigenvalue weighted by molar-refractivity contribution is -0.146. The van der Waals surface area contributed by atoms with E-state index in [0.717, 1.165) is 31.6 Å². The molecule has 13 heteroatoms. The highest BCUT2D eigenvalue weighted by atomic mass is 35.5. The Labute approximate surface area is 206 Å². The molecule has 4 rings (SSSR count). The van der Waals surface area contributed by atoms with Crippen LogP contribution in [-0.4, -0.2) is 46.4 Å². The maximum Gasteiger partial charge on any atom is 0.453 e. The molecule has 3 aromatic rings. The van der Waals surface area contributed by atoms with Crippen molar-refractivity contribution in [2.75, 3.05) is 25.1 Å². The first-order chi connectivity index (χ1) is 15.3. The van der Waals surface area contributed by atoms with Gasteiger partial charge in [-0.2, -0.15) is 17.9 Å². The number of nitrogens with one attached hydrogen (secondary N) is 1. The van der Waals surface area contributed by atoms with Gasteiger partial charge in [0.05, 0.1) is 12.8 Å². The van der Waals surface area contributed by atoms with E-state index < -0.39 is 12.0 Å². The van der Waals surface area contributed by atoms with E-state index in [1.165, 1.54) is 25.3 Å². The molecule has 0 saturated carbocycles. The number of hydrogen-bond acceptors (Lipinski definition) is 6. The van der Waals surface area contributed by atoms with Crippen LogP contribution < -0.4 is 15.0 Å². The van der Waals surface area contributed by atoms with Gasteiger partial charge in [0.15, 0.2) is 0 Å². The highest BCUT2D eigenvalue weighted by Crippen LogP contribution is 2.30. The van der Waals surface area contributed by atoms with Crippen molar-refractivity contribution >= 4 is 30.5 Å². The van der Waals surface area contributed by atoms with Crippen LogP contribution in [0.15, 0.2) is 42.5 Å². The summed E-state index contributed by atoms with van der Waals surface area (Å²) in [6, 6.07) is 11.2. The standard InChI is InChI=1S/C21H22F4N6O.2ClH/c1-32-19-9-8-18(31-20(21(23,24)25)27-28-29-31)11-14(19)12-26-16-3-2-10-30(13-16)17-6-4-15(22)5-7-17;;/h4-9,11,16,26H,2-3,10,12-13H2,1H3;2*1H/t16-;;/m0../s1. The fraction of sp³-hybridized carbons (Fsp3) is 0.381. The van der Waals surface area contributed by atoms with Crippen molar-refractivity contribution in [2.24, 2.45) is 0 Å². The van der Waals surface area contributed by atoms with E-state index in [9.17, 15) is 17.6 Å². The lowest BCUT2D eigenvalue weighted by Crippen LogP contribution is -2.45. The van der Waals surface area contributed by atoms with E-state index >= 15 is 0 Å². The number of benzene rings is 2. The molecule has 7 nitrogen and oxygen atoms in total. The summed E-state index contributed by atoms with van der Waals surface area (Å²) in [4.78, 5) is 2.19. The van der Waals surface area contributed by atoms with Crippen LogP contribution >= 0.6 is 24.8 Å². The average Bonchev–Trinajstić information content (AvgIpc) is 3.29. The van der Waals surface area contributed by atoms with Crippen molar-refractivity contribution in [2.45, 2.75) is 31.6 Å². The number of ether oxygens (including phenoxy) is 1. The molecule has 1 aliphatic rings. The normalized spacial score (nSPS) is 15.9. The molecule has 34 heavy (non-hydrogen) atoms. The maximum absolute atomic E-state index is 13.2. The number of nitrogens with zero attached hydrogens (tertiary/aromatic N) is 5. The second-order valence-corrected chi connectivity index (χ2v) is 7.55. The monoisotopic (exact) mass is 522 g/mol. The van der Waals surface area contributed by atoms with E-state index in [4.69, 9.17) is 4.74 Å². The maximum atomic E-state index is 13.2. The number of halogens is 6. The van der Waals surface area contributed by atoms with Gasteiger partial charge in [0, 0.05) is 36.9 Å². The molecule has 0 amide bonds. The first-order valence-electron chi connectivity index (χ1n) is 10.1. The largest absolute Gasteiger partial charge is 0.496 e. The van der Waals surface area contributed by atoms with Gasteiger partial charge in [-0.1, -0.05) is 0 Å². The van der Waals surface area contributed by atoms with Crippen LogP contribution in [0.3, 0.4) is 0 Å². The van der Waals surface area contributed by atoms with E-state index in [-0.39, 0.29) is 42.4 Å². The second kappa shape index (κ2) is 11.7. The van der Waals surface area contributed by atoms with Gasteiger partial charge >= 0.3 is 6.18 Å². The zero-order chi connectivity index (χ0) is 22.7. The third-order valence-corrected chi connectivity index (χ3v) is 5.43. The van der Waals surface area contributed by atoms with E-state index in [1.54, 1.807) is 24.3 Å². The van der Waals surface area contributed by atoms with Gasteiger partial charge in [-0.3, -0.25) is 0 Å². The number of alkyl halides is 3. The van der Waals surface area contributed by atoms with Crippen LogP contribution in [0.4, 0.5) is 23.2 Å². The summed E-state index contributed by atoms with van der Waals surface area (Å²) in [6.45, 7) is 2.00. The quantitative estimate of drug-likeness (QED) is 0.483. The smallest absolute Gasteiger partial charge is 0.453 e. The molecule has 1 N–H and O–H groups in total. The molecule has 1 saturated heterocycles. The molecule has 2 aromatic carbocycles. The topological polar surface area (TPSA) is 68.1 Å². The molecule has 0 unspecified atom stereocenters. The predicted molar refractivity (Wildman–Crippen MR) is 124 cm³/mol. The van der Waals surface area contributed by atoms with E-state index in [1.807, 2.05) is 0 Å². The molecule has 186 valence electrons. The van der Waals surface area contributed by atoms with Gasteiger partial charge < -0.3 is 15.0 Å². The van der Waals surface area contributed by atoms with Gasteiger partial charge in [0.2, 0.25) is 0 Å². The SMILES string of the molecule is COc1ccc(-n2nnnc2C(F)(F)F)cc1CN[C@H]1CCCN(c2ccc(F)cc2)C1.Cl.Cl. The number of methoxy groups -OCH3 is 1. The minimum Gasteiger partial charge on any atom is -0.496 e. The Balaban J connectivity index is 0.00000204. The minimum absolute atomic E-state index is 0. The van der Waals surface area contributed by atoms with E-state index in [0.29, 0.717) is 22.5 Å². The van der Waals surface area contributed by atoms with Crippen molar-refractivity contribution < 1.29 is 22.3 Å². The Hall–Kier alpha value is -2.63. The molecule has 2 heterocycles. The van der Waals surface area contributed by atoms with Crippen LogP contribution in [0.2, 0.25) is 0 Å². The van der Waals surface area contributed by atoms with Gasteiger partial charge in [-0.05, 0) is 65.7 Å². The Morgan fingerprint density at radius 2 is 1.79 bits per heavy atom. The number of tetrazole rings is 1. The van der Waals surface area contributed by atoms with E-state index in [2.05, 4.69) is 25.7 Å². The summed E-state index contributed by atoms with van der Waals surface area (Å²) in [5.41, 5.74) is 1.83. The molecule has 0 bridgehead atoms. The van der Waals surface area contributed by atoms with Crippen molar-refractivity contribution in [1.29, 1.82) is 0 Å². The van der Waals surface area contributed by atoms with Crippen LogP contribution in [0.25, 0.3) is 5.69 Å². The Morgan fingerprint density at radius 3 is 2.47 bits per heavy atom. The lowest BCUT2D eigenvalue weighted by atomic mass is 10.0. The molecular formula is C21H24Cl2F4N6O. The fourth-order valence-corrected chi connectivity index (χ4v) is 3.86. The van der Waals surface area contributed by atoms with Gasteiger partial charge in [-0.25, -0.2) is 4.39 Å². The van der Waals surface area contributed by atoms with Crippen molar-refractivity contribution in [3.63, 3.8) is 0 Å². The Morgan fingerprint density at radius 1 is 1.09 bits per heavy atom. The van der Waals surface area contributed by atoms with Gasteiger partial charge in [-0.15, -0.1) is 29.9 Å². The summed E-state index contributed by atoms with van der Waals surface area (Å²) in [7, 11) is 1.51. The van der Waals surface area contributed by atoms with Crippen LogP contribution in [0.5, 0.6) is 5.75 Å². The lowest BCUT2D eigenvalue weighted by Gasteiger charge is -2.35. The Bertz CT molecular complexity index is 1060. The van der Waals surface area contributed by atoms with Crippen LogP contribution in [-0.2, 0) is 12.7 Å². The first-order valence-corrected chi connectivity index (χ1v) is 10.1.